The maximum absolute atomic E-state index is 11.6. The predicted molar refractivity (Wildman–Crippen MR) is 69.1 cm³/mol. The average Bonchev–Trinajstić information content (AvgIpc) is 2.30. The van der Waals surface area contributed by atoms with Crippen LogP contribution in [0, 0.1) is 6.92 Å². The van der Waals surface area contributed by atoms with Crippen molar-refractivity contribution in [1.29, 1.82) is 0 Å². The molecule has 0 unspecified atom stereocenters. The van der Waals surface area contributed by atoms with Gasteiger partial charge in [0.1, 0.15) is 0 Å². The summed E-state index contributed by atoms with van der Waals surface area (Å²) in [5.74, 6) is 0. The molecule has 17 heavy (non-hydrogen) atoms. The van der Waals surface area contributed by atoms with Gasteiger partial charge in [0.05, 0.1) is 11.9 Å². The lowest BCUT2D eigenvalue weighted by atomic mass is 10.1. The van der Waals surface area contributed by atoms with Gasteiger partial charge in [0.2, 0.25) is 0 Å². The first-order valence-corrected chi connectivity index (χ1v) is 5.73. The molecule has 0 bridgehead atoms. The van der Waals surface area contributed by atoms with Crippen molar-refractivity contribution < 1.29 is 0 Å². The Hall–Kier alpha value is -1.90. The van der Waals surface area contributed by atoms with Gasteiger partial charge in [0, 0.05) is 17.8 Å². The molecule has 0 saturated carbocycles. The summed E-state index contributed by atoms with van der Waals surface area (Å²) < 4.78 is 1.70. The molecule has 0 fully saturated rings. The van der Waals surface area contributed by atoms with Crippen molar-refractivity contribution in [3.8, 4) is 11.3 Å². The van der Waals surface area contributed by atoms with Gasteiger partial charge in [0.15, 0.2) is 0 Å². The zero-order valence-electron chi connectivity index (χ0n) is 10.3. The molecular formula is C14H16N2O. The first kappa shape index (κ1) is 11.6. The lowest BCUT2D eigenvalue weighted by Crippen LogP contribution is -2.21. The third kappa shape index (κ3) is 2.44. The molecule has 1 aromatic carbocycles. The Morgan fingerprint density at radius 2 is 1.82 bits per heavy atom. The molecule has 2 aromatic rings. The van der Waals surface area contributed by atoms with E-state index in [2.05, 4.69) is 4.98 Å². The quantitative estimate of drug-likeness (QED) is 0.792. The SMILES string of the molecule is Cc1ccc(-c2cn(C(C)C)c(=O)cn2)cc1. The van der Waals surface area contributed by atoms with Crippen molar-refractivity contribution in [2.75, 3.05) is 0 Å². The molecule has 3 nitrogen and oxygen atoms in total. The molecule has 88 valence electrons. The van der Waals surface area contributed by atoms with Gasteiger partial charge < -0.3 is 4.57 Å². The first-order chi connectivity index (χ1) is 8.08. The van der Waals surface area contributed by atoms with Crippen molar-refractivity contribution in [2.24, 2.45) is 0 Å². The maximum atomic E-state index is 11.6. The third-order valence-corrected chi connectivity index (χ3v) is 2.73. The van der Waals surface area contributed by atoms with Crippen LogP contribution in [0.2, 0.25) is 0 Å². The molecule has 0 N–H and O–H groups in total. The van der Waals surface area contributed by atoms with Gasteiger partial charge in [-0.25, -0.2) is 4.98 Å². The van der Waals surface area contributed by atoms with Crippen LogP contribution < -0.4 is 5.56 Å². The van der Waals surface area contributed by atoms with Crippen molar-refractivity contribution in [2.45, 2.75) is 26.8 Å². The summed E-state index contributed by atoms with van der Waals surface area (Å²) in [4.78, 5) is 15.8. The molecule has 0 saturated heterocycles. The lowest BCUT2D eigenvalue weighted by Gasteiger charge is -2.10. The van der Waals surface area contributed by atoms with Gasteiger partial charge >= 0.3 is 0 Å². The van der Waals surface area contributed by atoms with Gasteiger partial charge in [0.25, 0.3) is 5.56 Å². The molecule has 0 radical (unpaired) electrons. The number of benzene rings is 1. The van der Waals surface area contributed by atoms with Crippen LogP contribution in [0.5, 0.6) is 0 Å². The Morgan fingerprint density at radius 1 is 1.18 bits per heavy atom. The standard InChI is InChI=1S/C14H16N2O/c1-10(2)16-9-13(15-8-14(16)17)12-6-4-11(3)5-7-12/h4-10H,1-3H3. The predicted octanol–water partition coefficient (Wildman–Crippen LogP) is 2.80. The van der Waals surface area contributed by atoms with Crippen LogP contribution in [0.1, 0.15) is 25.5 Å². The summed E-state index contributed by atoms with van der Waals surface area (Å²) in [6, 6.07) is 8.28. The number of rotatable bonds is 2. The van der Waals surface area contributed by atoms with Crippen molar-refractivity contribution >= 4 is 0 Å². The van der Waals surface area contributed by atoms with Crippen LogP contribution in [0.25, 0.3) is 11.3 Å². The second kappa shape index (κ2) is 4.53. The van der Waals surface area contributed by atoms with E-state index in [0.717, 1.165) is 11.3 Å². The molecule has 1 aromatic heterocycles. The highest BCUT2D eigenvalue weighted by molar-refractivity contribution is 5.58. The third-order valence-electron chi connectivity index (χ3n) is 2.73. The van der Waals surface area contributed by atoms with Crippen molar-refractivity contribution in [3.63, 3.8) is 0 Å². The number of nitrogens with zero attached hydrogens (tertiary/aromatic N) is 2. The fraction of sp³-hybridized carbons (Fsp3) is 0.286. The Morgan fingerprint density at radius 3 is 2.41 bits per heavy atom. The Balaban J connectivity index is 2.50. The van der Waals surface area contributed by atoms with Gasteiger partial charge in [-0.3, -0.25) is 4.79 Å². The van der Waals surface area contributed by atoms with Crippen molar-refractivity contribution in [1.82, 2.24) is 9.55 Å². The fourth-order valence-electron chi connectivity index (χ4n) is 1.70. The molecule has 0 aliphatic carbocycles. The van der Waals surface area contributed by atoms with E-state index < -0.39 is 0 Å². The van der Waals surface area contributed by atoms with Gasteiger partial charge in [-0.2, -0.15) is 0 Å². The maximum Gasteiger partial charge on any atom is 0.269 e. The smallest absolute Gasteiger partial charge is 0.269 e. The minimum Gasteiger partial charge on any atom is -0.310 e. The first-order valence-electron chi connectivity index (χ1n) is 5.73. The minimum atomic E-state index is -0.0594. The average molecular weight is 228 g/mol. The molecule has 2 rings (SSSR count). The largest absolute Gasteiger partial charge is 0.310 e. The number of aromatic nitrogens is 2. The van der Waals surface area contributed by atoms with Crippen LogP contribution >= 0.6 is 0 Å². The molecule has 1 heterocycles. The lowest BCUT2D eigenvalue weighted by molar-refractivity contribution is 0.575. The molecule has 0 spiro atoms. The van der Waals surface area contributed by atoms with E-state index in [1.54, 1.807) is 4.57 Å². The normalized spacial score (nSPS) is 10.8. The Kier molecular flexibility index (Phi) is 3.09. The van der Waals surface area contributed by atoms with E-state index in [0.29, 0.717) is 0 Å². The summed E-state index contributed by atoms with van der Waals surface area (Å²) in [7, 11) is 0. The van der Waals surface area contributed by atoms with Gasteiger partial charge in [-0.1, -0.05) is 29.8 Å². The molecule has 0 aliphatic heterocycles. The molecule has 0 atom stereocenters. The Bertz CT molecular complexity index is 568. The molecule has 0 amide bonds. The highest BCUT2D eigenvalue weighted by atomic mass is 16.1. The molecule has 3 heteroatoms. The minimum absolute atomic E-state index is 0.0594. The summed E-state index contributed by atoms with van der Waals surface area (Å²) in [6.45, 7) is 6.02. The second-order valence-electron chi connectivity index (χ2n) is 4.48. The van der Waals surface area contributed by atoms with Crippen LogP contribution in [0.15, 0.2) is 41.5 Å². The van der Waals surface area contributed by atoms with E-state index in [-0.39, 0.29) is 11.6 Å². The molecular weight excluding hydrogens is 212 g/mol. The fourth-order valence-corrected chi connectivity index (χ4v) is 1.70. The summed E-state index contributed by atoms with van der Waals surface area (Å²) in [5, 5.41) is 0. The zero-order valence-corrected chi connectivity index (χ0v) is 10.3. The van der Waals surface area contributed by atoms with E-state index >= 15 is 0 Å². The zero-order chi connectivity index (χ0) is 12.4. The highest BCUT2D eigenvalue weighted by Gasteiger charge is 2.05. The number of hydrogen-bond acceptors (Lipinski definition) is 2. The van der Waals surface area contributed by atoms with Crippen LogP contribution in [-0.4, -0.2) is 9.55 Å². The monoisotopic (exact) mass is 228 g/mol. The van der Waals surface area contributed by atoms with Crippen molar-refractivity contribution in [3.05, 3.63) is 52.6 Å². The molecule has 0 aliphatic rings. The number of aryl methyl sites for hydroxylation is 1. The van der Waals surface area contributed by atoms with E-state index in [4.69, 9.17) is 0 Å². The summed E-state index contributed by atoms with van der Waals surface area (Å²) >= 11 is 0. The summed E-state index contributed by atoms with van der Waals surface area (Å²) in [5.41, 5.74) is 3.02. The summed E-state index contributed by atoms with van der Waals surface area (Å²) in [6.07, 6.45) is 3.20. The van der Waals surface area contributed by atoms with E-state index in [9.17, 15) is 4.79 Å². The van der Waals surface area contributed by atoms with Crippen LogP contribution in [-0.2, 0) is 0 Å². The van der Waals surface area contributed by atoms with E-state index in [1.165, 1.54) is 11.8 Å². The second-order valence-corrected chi connectivity index (χ2v) is 4.48. The van der Waals surface area contributed by atoms with E-state index in [1.807, 2.05) is 51.2 Å². The highest BCUT2D eigenvalue weighted by Crippen LogP contribution is 2.16. The Labute approximate surface area is 101 Å². The van der Waals surface area contributed by atoms with Gasteiger partial charge in [-0.05, 0) is 20.8 Å². The number of hydrogen-bond donors (Lipinski definition) is 0. The van der Waals surface area contributed by atoms with Gasteiger partial charge in [-0.15, -0.1) is 0 Å². The van der Waals surface area contributed by atoms with Crippen LogP contribution in [0.4, 0.5) is 0 Å². The van der Waals surface area contributed by atoms with Crippen LogP contribution in [0.3, 0.4) is 0 Å². The topological polar surface area (TPSA) is 34.9 Å².